The third-order valence-electron chi connectivity index (χ3n) is 5.72. The zero-order valence-electron chi connectivity index (χ0n) is 17.6. The van der Waals surface area contributed by atoms with E-state index in [0.717, 1.165) is 29.5 Å². The molecule has 0 saturated heterocycles. The van der Waals surface area contributed by atoms with Crippen LogP contribution in [0.5, 0.6) is 0 Å². The van der Waals surface area contributed by atoms with E-state index in [-0.39, 0.29) is 17.9 Å². The first-order chi connectivity index (χ1) is 14.1. The fraction of sp³-hybridized carbons (Fsp3) is 0.440. The molecule has 1 aliphatic rings. The van der Waals surface area contributed by atoms with Crippen molar-refractivity contribution in [3.63, 3.8) is 0 Å². The van der Waals surface area contributed by atoms with Gasteiger partial charge in [0.15, 0.2) is 0 Å². The van der Waals surface area contributed by atoms with Crippen LogP contribution >= 0.6 is 0 Å². The predicted molar refractivity (Wildman–Crippen MR) is 116 cm³/mol. The zero-order valence-corrected chi connectivity index (χ0v) is 17.6. The molecule has 1 aliphatic carbocycles. The Morgan fingerprint density at radius 1 is 1.03 bits per heavy atom. The third-order valence-corrected chi connectivity index (χ3v) is 5.72. The molecule has 29 heavy (non-hydrogen) atoms. The summed E-state index contributed by atoms with van der Waals surface area (Å²) in [4.78, 5) is 28.1. The molecule has 0 bridgehead atoms. The van der Waals surface area contributed by atoms with Gasteiger partial charge in [-0.25, -0.2) is 0 Å². The van der Waals surface area contributed by atoms with Gasteiger partial charge in [0.25, 0.3) is 0 Å². The molecule has 0 radical (unpaired) electrons. The van der Waals surface area contributed by atoms with E-state index in [4.69, 9.17) is 0 Å². The molecule has 1 saturated carbocycles. The van der Waals surface area contributed by atoms with Crippen molar-refractivity contribution in [2.24, 2.45) is 0 Å². The number of carbonyl (C=O) groups excluding carboxylic acids is 2. The van der Waals surface area contributed by atoms with E-state index in [9.17, 15) is 9.59 Å². The van der Waals surface area contributed by atoms with Crippen LogP contribution in [0.1, 0.15) is 55.7 Å². The first kappa shape index (κ1) is 21.1. The number of nitrogens with one attached hydrogen (secondary N) is 1. The second-order valence-corrected chi connectivity index (χ2v) is 8.09. The lowest BCUT2D eigenvalue weighted by molar-refractivity contribution is -0.141. The maximum Gasteiger partial charge on any atom is 0.243 e. The predicted octanol–water partition coefficient (Wildman–Crippen LogP) is 4.40. The number of hydrogen-bond donors (Lipinski definition) is 1. The Morgan fingerprint density at radius 3 is 2.38 bits per heavy atom. The Hall–Kier alpha value is -2.62. The SMILES string of the molecule is CCC(C(=O)NC1CCCC1)N(Cc1cccc(C)c1)C(=O)Cc1ccccc1. The highest BCUT2D eigenvalue weighted by atomic mass is 16.2. The van der Waals surface area contributed by atoms with Crippen molar-refractivity contribution in [3.05, 3.63) is 71.3 Å². The standard InChI is InChI=1S/C25H32N2O2/c1-3-23(25(29)26-22-14-7-8-15-22)27(18-21-13-9-10-19(2)16-21)24(28)17-20-11-5-4-6-12-20/h4-6,9-13,16,22-23H,3,7-8,14-15,17-18H2,1-2H3,(H,26,29). The average Bonchev–Trinajstić information content (AvgIpc) is 3.21. The van der Waals surface area contributed by atoms with Crippen LogP contribution in [0.15, 0.2) is 54.6 Å². The molecule has 154 valence electrons. The number of carbonyl (C=O) groups is 2. The van der Waals surface area contributed by atoms with Crippen LogP contribution in [0.25, 0.3) is 0 Å². The summed E-state index contributed by atoms with van der Waals surface area (Å²) in [5.41, 5.74) is 3.18. The van der Waals surface area contributed by atoms with Gasteiger partial charge >= 0.3 is 0 Å². The zero-order chi connectivity index (χ0) is 20.6. The smallest absolute Gasteiger partial charge is 0.243 e. The van der Waals surface area contributed by atoms with Gasteiger partial charge in [-0.1, -0.05) is 79.9 Å². The number of rotatable bonds is 8. The van der Waals surface area contributed by atoms with Crippen LogP contribution in [0.4, 0.5) is 0 Å². The van der Waals surface area contributed by atoms with E-state index in [1.54, 1.807) is 4.90 Å². The highest BCUT2D eigenvalue weighted by Gasteiger charge is 2.30. The van der Waals surface area contributed by atoms with Gasteiger partial charge in [-0.2, -0.15) is 0 Å². The molecule has 2 aromatic rings. The Balaban J connectivity index is 1.80. The average molecular weight is 393 g/mol. The van der Waals surface area contributed by atoms with Crippen molar-refractivity contribution in [2.75, 3.05) is 0 Å². The molecule has 2 aromatic carbocycles. The first-order valence-corrected chi connectivity index (χ1v) is 10.8. The number of amides is 2. The summed E-state index contributed by atoms with van der Waals surface area (Å²) in [6.07, 6.45) is 5.32. The molecule has 1 unspecified atom stereocenters. The fourth-order valence-electron chi connectivity index (χ4n) is 4.17. The van der Waals surface area contributed by atoms with Crippen molar-refractivity contribution in [2.45, 2.75) is 71.0 Å². The van der Waals surface area contributed by atoms with Gasteiger partial charge in [0, 0.05) is 12.6 Å². The molecule has 1 fully saturated rings. The van der Waals surface area contributed by atoms with Crippen molar-refractivity contribution in [3.8, 4) is 0 Å². The van der Waals surface area contributed by atoms with E-state index in [2.05, 4.69) is 11.4 Å². The minimum Gasteiger partial charge on any atom is -0.352 e. The third kappa shape index (κ3) is 5.93. The molecule has 1 atom stereocenters. The topological polar surface area (TPSA) is 49.4 Å². The van der Waals surface area contributed by atoms with Crippen LogP contribution in [0, 0.1) is 6.92 Å². The molecule has 3 rings (SSSR count). The molecule has 1 N–H and O–H groups in total. The number of aryl methyl sites for hydroxylation is 1. The summed E-state index contributed by atoms with van der Waals surface area (Å²) in [6, 6.07) is 17.7. The molecular weight excluding hydrogens is 360 g/mol. The van der Waals surface area contributed by atoms with Crippen molar-refractivity contribution in [1.29, 1.82) is 0 Å². The Kier molecular flexibility index (Phi) is 7.45. The van der Waals surface area contributed by atoms with E-state index < -0.39 is 6.04 Å². The summed E-state index contributed by atoms with van der Waals surface area (Å²) in [6.45, 7) is 4.48. The van der Waals surface area contributed by atoms with Gasteiger partial charge in [-0.05, 0) is 37.3 Å². The van der Waals surface area contributed by atoms with E-state index in [0.29, 0.717) is 19.4 Å². The number of nitrogens with zero attached hydrogens (tertiary/aromatic N) is 1. The second kappa shape index (κ2) is 10.2. The number of hydrogen-bond acceptors (Lipinski definition) is 2. The van der Waals surface area contributed by atoms with Gasteiger partial charge < -0.3 is 10.2 Å². The maximum absolute atomic E-state index is 13.3. The first-order valence-electron chi connectivity index (χ1n) is 10.8. The monoisotopic (exact) mass is 392 g/mol. The Labute approximate surface area is 174 Å². The minimum atomic E-state index is -0.452. The van der Waals surface area contributed by atoms with Gasteiger partial charge in [-0.3, -0.25) is 9.59 Å². The molecule has 2 amide bonds. The van der Waals surface area contributed by atoms with Crippen molar-refractivity contribution < 1.29 is 9.59 Å². The molecule has 0 heterocycles. The highest BCUT2D eigenvalue weighted by molar-refractivity contribution is 5.88. The molecule has 0 aromatic heterocycles. The summed E-state index contributed by atoms with van der Waals surface area (Å²) in [5, 5.41) is 3.19. The Morgan fingerprint density at radius 2 is 1.72 bits per heavy atom. The van der Waals surface area contributed by atoms with Gasteiger partial charge in [-0.15, -0.1) is 0 Å². The van der Waals surface area contributed by atoms with Crippen LogP contribution in [0.2, 0.25) is 0 Å². The second-order valence-electron chi connectivity index (χ2n) is 8.09. The van der Waals surface area contributed by atoms with Crippen LogP contribution in [0.3, 0.4) is 0 Å². The molecule has 4 heteroatoms. The molecule has 0 spiro atoms. The lowest BCUT2D eigenvalue weighted by Crippen LogP contribution is -2.51. The maximum atomic E-state index is 13.3. The van der Waals surface area contributed by atoms with Crippen LogP contribution in [-0.2, 0) is 22.6 Å². The number of benzene rings is 2. The van der Waals surface area contributed by atoms with Crippen molar-refractivity contribution >= 4 is 11.8 Å². The van der Waals surface area contributed by atoms with Gasteiger partial charge in [0.1, 0.15) is 6.04 Å². The fourth-order valence-corrected chi connectivity index (χ4v) is 4.17. The summed E-state index contributed by atoms with van der Waals surface area (Å²) < 4.78 is 0. The lowest BCUT2D eigenvalue weighted by atomic mass is 10.1. The van der Waals surface area contributed by atoms with E-state index in [1.165, 1.54) is 12.8 Å². The summed E-state index contributed by atoms with van der Waals surface area (Å²) >= 11 is 0. The largest absolute Gasteiger partial charge is 0.352 e. The minimum absolute atomic E-state index is 0.00821. The van der Waals surface area contributed by atoms with E-state index in [1.807, 2.05) is 62.4 Å². The normalized spacial score (nSPS) is 15.1. The van der Waals surface area contributed by atoms with Gasteiger partial charge in [0.2, 0.25) is 11.8 Å². The molecule has 4 nitrogen and oxygen atoms in total. The van der Waals surface area contributed by atoms with Crippen LogP contribution in [-0.4, -0.2) is 28.8 Å². The quantitative estimate of drug-likeness (QED) is 0.724. The lowest BCUT2D eigenvalue weighted by Gasteiger charge is -2.31. The highest BCUT2D eigenvalue weighted by Crippen LogP contribution is 2.20. The molecular formula is C25H32N2O2. The van der Waals surface area contributed by atoms with Gasteiger partial charge in [0.05, 0.1) is 6.42 Å². The van der Waals surface area contributed by atoms with E-state index >= 15 is 0 Å². The summed E-state index contributed by atoms with van der Waals surface area (Å²) in [5.74, 6) is -0.0282. The molecule has 0 aliphatic heterocycles. The van der Waals surface area contributed by atoms with Crippen LogP contribution < -0.4 is 5.32 Å². The van der Waals surface area contributed by atoms with Crippen molar-refractivity contribution in [1.82, 2.24) is 10.2 Å². The summed E-state index contributed by atoms with van der Waals surface area (Å²) in [7, 11) is 0. The Bertz CT molecular complexity index is 813.